The molecule has 0 spiro atoms. The molecule has 2 atom stereocenters. The summed E-state index contributed by atoms with van der Waals surface area (Å²) in [5.41, 5.74) is 5.73. The van der Waals surface area contributed by atoms with Crippen LogP contribution in [0.3, 0.4) is 0 Å². The van der Waals surface area contributed by atoms with Crippen LogP contribution in [0.4, 0.5) is 22.0 Å². The molecule has 186 valence electrons. The number of aromatic nitrogens is 1. The van der Waals surface area contributed by atoms with Crippen LogP contribution < -0.4 is 11.1 Å². The second-order valence-electron chi connectivity index (χ2n) is 8.09. The number of amides is 1. The van der Waals surface area contributed by atoms with E-state index < -0.39 is 35.7 Å². The van der Waals surface area contributed by atoms with Crippen molar-refractivity contribution >= 4 is 5.91 Å². The molecule has 35 heavy (non-hydrogen) atoms. The van der Waals surface area contributed by atoms with Gasteiger partial charge in [0.2, 0.25) is 0 Å². The molecule has 1 amide bonds. The molecule has 1 aromatic carbocycles. The lowest BCUT2D eigenvalue weighted by atomic mass is 9.93. The molecule has 1 saturated heterocycles. The third-order valence-corrected chi connectivity index (χ3v) is 5.58. The zero-order valence-electron chi connectivity index (χ0n) is 18.9. The van der Waals surface area contributed by atoms with Crippen molar-refractivity contribution in [2.24, 2.45) is 11.7 Å². The number of nitrogens with two attached hydrogens (primary N) is 1. The van der Waals surface area contributed by atoms with Gasteiger partial charge < -0.3 is 16.0 Å². The van der Waals surface area contributed by atoms with E-state index in [1.807, 2.05) is 0 Å². The minimum Gasteiger partial charge on any atom is -0.368 e. The summed E-state index contributed by atoms with van der Waals surface area (Å²) >= 11 is 0. The molecule has 3 rings (SSSR count). The van der Waals surface area contributed by atoms with Crippen molar-refractivity contribution in [1.29, 1.82) is 0 Å². The van der Waals surface area contributed by atoms with Crippen LogP contribution in [0.5, 0.6) is 0 Å². The normalized spacial score (nSPS) is 19.5. The highest BCUT2D eigenvalue weighted by molar-refractivity contribution is 5.94. The lowest BCUT2D eigenvalue weighted by molar-refractivity contribution is -0.186. The van der Waals surface area contributed by atoms with E-state index >= 15 is 0 Å². The van der Waals surface area contributed by atoms with E-state index in [9.17, 15) is 26.7 Å². The number of benzene rings is 1. The zero-order valence-corrected chi connectivity index (χ0v) is 18.9. The van der Waals surface area contributed by atoms with Crippen LogP contribution in [0.25, 0.3) is 11.3 Å². The van der Waals surface area contributed by atoms with Gasteiger partial charge in [-0.3, -0.25) is 4.79 Å². The first kappa shape index (κ1) is 26.1. The summed E-state index contributed by atoms with van der Waals surface area (Å²) in [6.45, 7) is 5.02. The highest BCUT2D eigenvalue weighted by Gasteiger charge is 2.44. The summed E-state index contributed by atoms with van der Waals surface area (Å²) in [6.07, 6.45) is -0.241. The highest BCUT2D eigenvalue weighted by atomic mass is 19.4. The van der Waals surface area contributed by atoms with E-state index in [4.69, 9.17) is 5.73 Å². The predicted octanol–water partition coefficient (Wildman–Crippen LogP) is 4.94. The molecule has 1 aliphatic rings. The van der Waals surface area contributed by atoms with Gasteiger partial charge in [0.1, 0.15) is 23.0 Å². The van der Waals surface area contributed by atoms with E-state index in [2.05, 4.69) is 16.9 Å². The lowest BCUT2D eigenvalue weighted by Crippen LogP contribution is -2.51. The molecule has 0 aliphatic carbocycles. The van der Waals surface area contributed by atoms with Crippen LogP contribution in [0.1, 0.15) is 23.8 Å². The topological polar surface area (TPSA) is 71.2 Å². The number of allylic oxidation sites excluding steroid dienone is 3. The fourth-order valence-electron chi connectivity index (χ4n) is 3.93. The van der Waals surface area contributed by atoms with Gasteiger partial charge in [0.05, 0.1) is 17.3 Å². The Kier molecular flexibility index (Phi) is 8.06. The van der Waals surface area contributed by atoms with Crippen molar-refractivity contribution in [2.45, 2.75) is 25.6 Å². The molecule has 0 bridgehead atoms. The Morgan fingerprint density at radius 2 is 1.89 bits per heavy atom. The molecule has 2 unspecified atom stereocenters. The molecular weight excluding hydrogens is 467 g/mol. The Hall–Kier alpha value is -3.53. The smallest absolute Gasteiger partial charge is 0.368 e. The molecule has 2 aromatic rings. The van der Waals surface area contributed by atoms with Crippen LogP contribution in [-0.2, 0) is 0 Å². The molecule has 3 N–H and O–H groups in total. The zero-order chi connectivity index (χ0) is 25.8. The number of likely N-dealkylation sites (tertiary alicyclic amines) is 1. The Morgan fingerprint density at radius 3 is 2.51 bits per heavy atom. The fourth-order valence-corrected chi connectivity index (χ4v) is 3.93. The number of rotatable bonds is 6. The Bertz CT molecular complexity index is 1160. The first-order valence-electron chi connectivity index (χ1n) is 10.8. The number of nitrogens with one attached hydrogen (secondary N) is 1. The van der Waals surface area contributed by atoms with Gasteiger partial charge in [-0.1, -0.05) is 30.9 Å². The molecule has 0 saturated carbocycles. The van der Waals surface area contributed by atoms with Crippen LogP contribution in [0.15, 0.2) is 72.6 Å². The second kappa shape index (κ2) is 10.8. The maximum Gasteiger partial charge on any atom is 0.393 e. The summed E-state index contributed by atoms with van der Waals surface area (Å²) in [7, 11) is 0. The average Bonchev–Trinajstić information content (AvgIpc) is 2.81. The molecule has 1 aromatic heterocycles. The Morgan fingerprint density at radius 1 is 1.17 bits per heavy atom. The maximum absolute atomic E-state index is 14.4. The first-order valence-corrected chi connectivity index (χ1v) is 10.8. The van der Waals surface area contributed by atoms with Crippen LogP contribution in [-0.4, -0.2) is 41.1 Å². The third-order valence-electron chi connectivity index (χ3n) is 5.58. The monoisotopic (exact) mass is 492 g/mol. The number of carbonyl (C=O) groups excluding carboxylic acids is 1. The first-order chi connectivity index (χ1) is 16.5. The number of hydrogen-bond acceptors (Lipinski definition) is 4. The van der Waals surface area contributed by atoms with E-state index in [0.717, 1.165) is 18.2 Å². The summed E-state index contributed by atoms with van der Waals surface area (Å²) in [5.74, 6) is -3.90. The Balaban J connectivity index is 1.88. The standard InChI is InChI=1S/C25H25F5N4O/c1-3-7-22(34-13-15(25(28,29)30)12-16(31)14-34)20(4-2)33-24(35)21-11-10-19(27)23(32-21)17-8-5-6-9-18(17)26/h3-11,15-16H,1,12-14,31H2,2H3,(H,33,35)/b20-4+,22-7+. The van der Waals surface area contributed by atoms with Crippen molar-refractivity contribution in [3.05, 3.63) is 89.9 Å². The van der Waals surface area contributed by atoms with E-state index in [1.165, 1.54) is 41.3 Å². The molecule has 0 radical (unpaired) electrons. The van der Waals surface area contributed by atoms with E-state index in [-0.39, 0.29) is 47.9 Å². The largest absolute Gasteiger partial charge is 0.393 e. The minimum atomic E-state index is -4.42. The molecule has 2 heterocycles. The van der Waals surface area contributed by atoms with Crippen molar-refractivity contribution in [3.8, 4) is 11.3 Å². The van der Waals surface area contributed by atoms with Gasteiger partial charge in [-0.25, -0.2) is 13.8 Å². The van der Waals surface area contributed by atoms with Crippen molar-refractivity contribution < 1.29 is 26.7 Å². The van der Waals surface area contributed by atoms with Gasteiger partial charge in [-0.2, -0.15) is 13.2 Å². The molecular formula is C25H25F5N4O. The quantitative estimate of drug-likeness (QED) is 0.443. The molecule has 1 fully saturated rings. The highest BCUT2D eigenvalue weighted by Crippen LogP contribution is 2.35. The predicted molar refractivity (Wildman–Crippen MR) is 123 cm³/mol. The van der Waals surface area contributed by atoms with Crippen LogP contribution in [0, 0.1) is 17.6 Å². The number of carbonyl (C=O) groups is 1. The SMILES string of the molecule is C=C/C=C(\C(=C/C)NC(=O)c1ccc(F)c(-c2ccccc2F)n1)N1CC(N)CC(C(F)(F)F)C1. The number of nitrogens with zero attached hydrogens (tertiary/aromatic N) is 2. The number of piperidine rings is 1. The van der Waals surface area contributed by atoms with E-state index in [0.29, 0.717) is 0 Å². The summed E-state index contributed by atoms with van der Waals surface area (Å²) < 4.78 is 68.8. The molecule has 1 aliphatic heterocycles. The van der Waals surface area contributed by atoms with Crippen molar-refractivity contribution in [3.63, 3.8) is 0 Å². The Labute approximate surface area is 199 Å². The summed E-state index contributed by atoms with van der Waals surface area (Å²) in [6, 6.07) is 6.84. The van der Waals surface area contributed by atoms with Gasteiger partial charge in [0.25, 0.3) is 5.91 Å². The van der Waals surface area contributed by atoms with Crippen LogP contribution in [0.2, 0.25) is 0 Å². The van der Waals surface area contributed by atoms with Gasteiger partial charge in [-0.05, 0) is 43.7 Å². The van der Waals surface area contributed by atoms with Crippen molar-refractivity contribution in [2.75, 3.05) is 13.1 Å². The second-order valence-corrected chi connectivity index (χ2v) is 8.09. The fraction of sp³-hybridized carbons (Fsp3) is 0.280. The molecule has 10 heteroatoms. The third kappa shape index (κ3) is 6.13. The van der Waals surface area contributed by atoms with Gasteiger partial charge in [-0.15, -0.1) is 0 Å². The minimum absolute atomic E-state index is 0.112. The average molecular weight is 492 g/mol. The number of pyridine rings is 1. The van der Waals surface area contributed by atoms with Crippen molar-refractivity contribution in [1.82, 2.24) is 15.2 Å². The van der Waals surface area contributed by atoms with Gasteiger partial charge in [0.15, 0.2) is 0 Å². The number of hydrogen-bond donors (Lipinski definition) is 2. The lowest BCUT2D eigenvalue weighted by Gasteiger charge is -2.40. The number of halogens is 5. The summed E-state index contributed by atoms with van der Waals surface area (Å²) in [5, 5.41) is 2.61. The number of alkyl halides is 3. The van der Waals surface area contributed by atoms with Gasteiger partial charge in [0, 0.05) is 24.7 Å². The van der Waals surface area contributed by atoms with E-state index in [1.54, 1.807) is 6.92 Å². The summed E-state index contributed by atoms with van der Waals surface area (Å²) in [4.78, 5) is 18.4. The molecule has 5 nitrogen and oxygen atoms in total. The van der Waals surface area contributed by atoms with Gasteiger partial charge >= 0.3 is 6.18 Å². The van der Waals surface area contributed by atoms with Crippen LogP contribution >= 0.6 is 0 Å². The maximum atomic E-state index is 14.4.